The predicted octanol–water partition coefficient (Wildman–Crippen LogP) is 2.57. The number of rotatable bonds is 6. The lowest BCUT2D eigenvalue weighted by atomic mass is 9.78. The molecule has 1 aliphatic heterocycles. The van der Waals surface area contributed by atoms with Gasteiger partial charge in [-0.1, -0.05) is 45.0 Å². The summed E-state index contributed by atoms with van der Waals surface area (Å²) in [7, 11) is 1.63. The molecular formula is C20H33ClN2O3. The first kappa shape index (κ1) is 22.9. The molecule has 148 valence electrons. The second-order valence-corrected chi connectivity index (χ2v) is 8.06. The van der Waals surface area contributed by atoms with Gasteiger partial charge in [-0.2, -0.15) is 0 Å². The molecule has 1 heterocycles. The van der Waals surface area contributed by atoms with Gasteiger partial charge >= 0.3 is 0 Å². The molecule has 6 heteroatoms. The summed E-state index contributed by atoms with van der Waals surface area (Å²) in [5.41, 5.74) is 1.63. The van der Waals surface area contributed by atoms with E-state index in [0.717, 1.165) is 31.5 Å². The van der Waals surface area contributed by atoms with E-state index in [1.807, 2.05) is 24.3 Å². The Labute approximate surface area is 163 Å². The predicted molar refractivity (Wildman–Crippen MR) is 107 cm³/mol. The summed E-state index contributed by atoms with van der Waals surface area (Å²) in [6, 6.07) is 7.96. The van der Waals surface area contributed by atoms with E-state index in [9.17, 15) is 9.90 Å². The average Bonchev–Trinajstić information content (AvgIpc) is 2.59. The number of methoxy groups -OCH3 is 1. The van der Waals surface area contributed by atoms with Gasteiger partial charge in [-0.15, -0.1) is 12.4 Å². The number of benzene rings is 1. The molecule has 0 bridgehead atoms. The van der Waals surface area contributed by atoms with Gasteiger partial charge < -0.3 is 20.5 Å². The Morgan fingerprint density at radius 2 is 1.85 bits per heavy atom. The van der Waals surface area contributed by atoms with E-state index in [2.05, 4.69) is 31.4 Å². The minimum absolute atomic E-state index is 0. The molecule has 1 amide bonds. The van der Waals surface area contributed by atoms with Gasteiger partial charge in [-0.05, 0) is 42.5 Å². The number of aliphatic hydroxyl groups is 1. The minimum atomic E-state index is -0.709. The molecule has 1 saturated heterocycles. The van der Waals surface area contributed by atoms with Crippen molar-refractivity contribution in [1.82, 2.24) is 10.6 Å². The van der Waals surface area contributed by atoms with Crippen molar-refractivity contribution in [2.75, 3.05) is 33.4 Å². The van der Waals surface area contributed by atoms with Crippen LogP contribution < -0.4 is 10.6 Å². The zero-order chi connectivity index (χ0) is 18.5. The Kier molecular flexibility index (Phi) is 8.54. The van der Waals surface area contributed by atoms with E-state index in [0.29, 0.717) is 6.61 Å². The van der Waals surface area contributed by atoms with Crippen molar-refractivity contribution >= 4 is 18.3 Å². The highest BCUT2D eigenvalue weighted by atomic mass is 35.5. The number of carbonyl (C=O) groups is 1. The lowest BCUT2D eigenvalue weighted by Gasteiger charge is -2.35. The standard InChI is InChI=1S/C20H32N2O3.ClH/c1-19(2,3)16-7-5-15(6-8-16)17(23)13-22-18(24)20(14-25-4)9-11-21-12-10-20;/h5-8,17,21,23H,9-14H2,1-4H3,(H,22,24);1H. The molecule has 0 aromatic heterocycles. The largest absolute Gasteiger partial charge is 0.387 e. The quantitative estimate of drug-likeness (QED) is 0.705. The second-order valence-electron chi connectivity index (χ2n) is 8.06. The molecule has 1 atom stereocenters. The van der Waals surface area contributed by atoms with Crippen LogP contribution in [0.1, 0.15) is 50.8 Å². The molecule has 1 aromatic carbocycles. The summed E-state index contributed by atoms with van der Waals surface area (Å²) < 4.78 is 5.29. The third-order valence-electron chi connectivity index (χ3n) is 5.08. The van der Waals surface area contributed by atoms with Crippen molar-refractivity contribution in [2.24, 2.45) is 5.41 Å². The maximum Gasteiger partial charge on any atom is 0.228 e. The van der Waals surface area contributed by atoms with Gasteiger partial charge in [-0.25, -0.2) is 0 Å². The molecule has 3 N–H and O–H groups in total. The number of hydrogen-bond donors (Lipinski definition) is 3. The smallest absolute Gasteiger partial charge is 0.228 e. The number of nitrogens with one attached hydrogen (secondary N) is 2. The number of carbonyl (C=O) groups excluding carboxylic acids is 1. The summed E-state index contributed by atoms with van der Waals surface area (Å²) in [4.78, 5) is 12.7. The Balaban J connectivity index is 0.00000338. The Hall–Kier alpha value is -1.14. The van der Waals surface area contributed by atoms with E-state index < -0.39 is 11.5 Å². The van der Waals surface area contributed by atoms with Crippen LogP contribution in [0.5, 0.6) is 0 Å². The maximum atomic E-state index is 12.7. The molecule has 26 heavy (non-hydrogen) atoms. The number of aliphatic hydroxyl groups excluding tert-OH is 1. The SMILES string of the molecule is COCC1(C(=O)NCC(O)c2ccc(C(C)(C)C)cc2)CCNCC1.Cl. The molecule has 5 nitrogen and oxygen atoms in total. The van der Waals surface area contributed by atoms with E-state index >= 15 is 0 Å². The van der Waals surface area contributed by atoms with E-state index in [1.54, 1.807) is 7.11 Å². The molecule has 1 aromatic rings. The van der Waals surface area contributed by atoms with Crippen LogP contribution in [0.25, 0.3) is 0 Å². The zero-order valence-electron chi connectivity index (χ0n) is 16.3. The monoisotopic (exact) mass is 384 g/mol. The van der Waals surface area contributed by atoms with Crippen LogP contribution in [0, 0.1) is 5.41 Å². The van der Waals surface area contributed by atoms with Gasteiger partial charge in [0.1, 0.15) is 0 Å². The molecule has 0 radical (unpaired) electrons. The fourth-order valence-electron chi connectivity index (χ4n) is 3.32. The van der Waals surface area contributed by atoms with Crippen molar-refractivity contribution < 1.29 is 14.6 Å². The van der Waals surface area contributed by atoms with Crippen LogP contribution in [0.15, 0.2) is 24.3 Å². The molecule has 0 saturated carbocycles. The number of halogens is 1. The zero-order valence-corrected chi connectivity index (χ0v) is 17.1. The lowest BCUT2D eigenvalue weighted by Crippen LogP contribution is -2.50. The highest BCUT2D eigenvalue weighted by molar-refractivity contribution is 5.85. The van der Waals surface area contributed by atoms with Crippen LogP contribution >= 0.6 is 12.4 Å². The number of ether oxygens (including phenoxy) is 1. The number of hydrogen-bond acceptors (Lipinski definition) is 4. The average molecular weight is 385 g/mol. The summed E-state index contributed by atoms with van der Waals surface area (Å²) >= 11 is 0. The van der Waals surface area contributed by atoms with Gasteiger partial charge in [0.05, 0.1) is 18.1 Å². The number of amides is 1. The summed E-state index contributed by atoms with van der Waals surface area (Å²) in [5.74, 6) is -0.0267. The summed E-state index contributed by atoms with van der Waals surface area (Å²) in [5, 5.41) is 16.6. The van der Waals surface area contributed by atoms with Gasteiger partial charge in [0, 0.05) is 13.7 Å². The summed E-state index contributed by atoms with van der Waals surface area (Å²) in [6.45, 7) is 8.73. The first-order valence-corrected chi connectivity index (χ1v) is 9.05. The highest BCUT2D eigenvalue weighted by Crippen LogP contribution is 2.30. The molecule has 2 rings (SSSR count). The molecule has 0 spiro atoms. The Morgan fingerprint density at radius 3 is 2.35 bits per heavy atom. The highest BCUT2D eigenvalue weighted by Gasteiger charge is 2.39. The van der Waals surface area contributed by atoms with E-state index in [4.69, 9.17) is 4.74 Å². The van der Waals surface area contributed by atoms with Crippen molar-refractivity contribution in [2.45, 2.75) is 45.1 Å². The van der Waals surface area contributed by atoms with Crippen LogP contribution in [-0.2, 0) is 14.9 Å². The Bertz CT molecular complexity index is 558. The van der Waals surface area contributed by atoms with Crippen molar-refractivity contribution in [3.63, 3.8) is 0 Å². The van der Waals surface area contributed by atoms with Gasteiger partial charge in [0.25, 0.3) is 0 Å². The topological polar surface area (TPSA) is 70.6 Å². The number of piperidine rings is 1. The van der Waals surface area contributed by atoms with Crippen molar-refractivity contribution in [3.8, 4) is 0 Å². The van der Waals surface area contributed by atoms with Crippen molar-refractivity contribution in [1.29, 1.82) is 0 Å². The first-order chi connectivity index (χ1) is 11.8. The minimum Gasteiger partial charge on any atom is -0.387 e. The van der Waals surface area contributed by atoms with Crippen LogP contribution in [-0.4, -0.2) is 44.4 Å². The Morgan fingerprint density at radius 1 is 1.27 bits per heavy atom. The second kappa shape index (κ2) is 9.70. The molecule has 1 unspecified atom stereocenters. The van der Waals surface area contributed by atoms with Gasteiger partial charge in [-0.3, -0.25) is 4.79 Å². The van der Waals surface area contributed by atoms with Crippen LogP contribution in [0.4, 0.5) is 0 Å². The molecule has 1 fully saturated rings. The van der Waals surface area contributed by atoms with E-state index in [1.165, 1.54) is 5.56 Å². The fraction of sp³-hybridized carbons (Fsp3) is 0.650. The van der Waals surface area contributed by atoms with Crippen molar-refractivity contribution in [3.05, 3.63) is 35.4 Å². The van der Waals surface area contributed by atoms with Gasteiger partial charge in [0.15, 0.2) is 0 Å². The van der Waals surface area contributed by atoms with Crippen LogP contribution in [0.2, 0.25) is 0 Å². The lowest BCUT2D eigenvalue weighted by molar-refractivity contribution is -0.136. The molecule has 0 aliphatic carbocycles. The fourth-order valence-corrected chi connectivity index (χ4v) is 3.32. The maximum absolute atomic E-state index is 12.7. The molecular weight excluding hydrogens is 352 g/mol. The van der Waals surface area contributed by atoms with E-state index in [-0.39, 0.29) is 30.3 Å². The normalized spacial score (nSPS) is 17.9. The van der Waals surface area contributed by atoms with Gasteiger partial charge in [0.2, 0.25) is 5.91 Å². The first-order valence-electron chi connectivity index (χ1n) is 9.05. The summed E-state index contributed by atoms with van der Waals surface area (Å²) in [6.07, 6.45) is 0.797. The molecule has 1 aliphatic rings. The van der Waals surface area contributed by atoms with Crippen LogP contribution in [0.3, 0.4) is 0 Å². The third kappa shape index (κ3) is 5.68. The third-order valence-corrected chi connectivity index (χ3v) is 5.08.